The van der Waals surface area contributed by atoms with Crippen molar-refractivity contribution in [2.24, 2.45) is 0 Å². The van der Waals surface area contributed by atoms with Gasteiger partial charge in [-0.25, -0.2) is 9.67 Å². The maximum atomic E-state index is 11.2. The van der Waals surface area contributed by atoms with E-state index in [0.717, 1.165) is 28.4 Å². The number of rotatable bonds is 2. The Morgan fingerprint density at radius 2 is 2.14 bits per heavy atom. The number of amides is 1. The Hall–Kier alpha value is -2.47. The maximum Gasteiger partial charge on any atom is 0.223 e. The van der Waals surface area contributed by atoms with E-state index in [2.05, 4.69) is 15.4 Å². The highest BCUT2D eigenvalue weighted by atomic mass is 32.1. The molecule has 104 valence electrons. The van der Waals surface area contributed by atoms with Crippen molar-refractivity contribution in [2.75, 3.05) is 5.32 Å². The van der Waals surface area contributed by atoms with Crippen molar-refractivity contribution in [3.63, 3.8) is 0 Å². The summed E-state index contributed by atoms with van der Waals surface area (Å²) >= 11 is 1.50. The van der Waals surface area contributed by atoms with Gasteiger partial charge in [0.25, 0.3) is 0 Å². The lowest BCUT2D eigenvalue weighted by molar-refractivity contribution is -0.114. The van der Waals surface area contributed by atoms with Gasteiger partial charge < -0.3 is 5.32 Å². The van der Waals surface area contributed by atoms with Gasteiger partial charge in [-0.2, -0.15) is 5.10 Å². The molecule has 2 heterocycles. The number of hydrogen-bond donors (Lipinski definition) is 1. The summed E-state index contributed by atoms with van der Waals surface area (Å²) in [5.74, 6) is -0.0980. The third kappa shape index (κ3) is 1.95. The van der Waals surface area contributed by atoms with Gasteiger partial charge in [0.05, 0.1) is 28.1 Å². The quantitative estimate of drug-likeness (QED) is 0.619. The molecule has 1 aromatic carbocycles. The second-order valence-corrected chi connectivity index (χ2v) is 5.92. The molecule has 0 unspecified atom stereocenters. The molecule has 6 heteroatoms. The number of hydrogen-bond acceptors (Lipinski definition) is 4. The molecule has 3 aromatic rings. The lowest BCUT2D eigenvalue weighted by atomic mass is 10.2. The molecule has 2 aromatic heterocycles. The van der Waals surface area contributed by atoms with Crippen molar-refractivity contribution in [3.05, 3.63) is 47.8 Å². The molecule has 0 saturated heterocycles. The Labute approximate surface area is 125 Å². The zero-order valence-electron chi connectivity index (χ0n) is 11.3. The first-order chi connectivity index (χ1) is 10.2. The van der Waals surface area contributed by atoms with Crippen molar-refractivity contribution in [1.82, 2.24) is 14.8 Å². The van der Waals surface area contributed by atoms with Crippen LogP contribution in [-0.2, 0) is 11.2 Å². The number of aromatic nitrogens is 3. The topological polar surface area (TPSA) is 59.8 Å². The van der Waals surface area contributed by atoms with Crippen LogP contribution in [-0.4, -0.2) is 20.7 Å². The second kappa shape index (κ2) is 4.53. The average molecular weight is 296 g/mol. The normalized spacial score (nSPS) is 12.0. The van der Waals surface area contributed by atoms with Gasteiger partial charge in [-0.15, -0.1) is 0 Å². The number of carbonyl (C=O) groups is 1. The zero-order chi connectivity index (χ0) is 14.4. The minimum Gasteiger partial charge on any atom is -0.302 e. The molecule has 0 radical (unpaired) electrons. The van der Waals surface area contributed by atoms with E-state index in [9.17, 15) is 4.79 Å². The molecule has 0 fully saturated rings. The summed E-state index contributed by atoms with van der Waals surface area (Å²) < 4.78 is 1.94. The summed E-state index contributed by atoms with van der Waals surface area (Å²) in [6, 6.07) is 10.0. The van der Waals surface area contributed by atoms with E-state index in [4.69, 9.17) is 0 Å². The van der Waals surface area contributed by atoms with Crippen molar-refractivity contribution in [1.29, 1.82) is 0 Å². The summed E-state index contributed by atoms with van der Waals surface area (Å²) in [5.41, 5.74) is 4.31. The number of para-hydroxylation sites is 1. The molecule has 1 aliphatic carbocycles. The van der Waals surface area contributed by atoms with E-state index < -0.39 is 0 Å². The summed E-state index contributed by atoms with van der Waals surface area (Å²) in [4.78, 5) is 16.8. The van der Waals surface area contributed by atoms with Crippen LogP contribution in [0.1, 0.15) is 18.2 Å². The van der Waals surface area contributed by atoms with Crippen molar-refractivity contribution < 1.29 is 4.79 Å². The van der Waals surface area contributed by atoms with Crippen LogP contribution in [0, 0.1) is 0 Å². The van der Waals surface area contributed by atoms with Crippen LogP contribution < -0.4 is 5.32 Å². The van der Waals surface area contributed by atoms with E-state index in [1.807, 2.05) is 41.2 Å². The number of nitrogens with one attached hydrogen (secondary N) is 1. The Balaban J connectivity index is 1.82. The standard InChI is InChI=1S/C15H12N4OS/c1-9(20)17-15-18-12-7-10-8-16-19(13(10)14(12)21-15)11-5-3-2-4-6-11/h2-6,8H,7H2,1H3,(H,17,18,20). The van der Waals surface area contributed by atoms with E-state index in [1.54, 1.807) is 0 Å². The lowest BCUT2D eigenvalue weighted by Gasteiger charge is -2.04. The van der Waals surface area contributed by atoms with Gasteiger partial charge in [0.1, 0.15) is 0 Å². The molecule has 0 saturated carbocycles. The van der Waals surface area contributed by atoms with Crippen LogP contribution in [0.25, 0.3) is 16.3 Å². The molecular formula is C15H12N4OS. The smallest absolute Gasteiger partial charge is 0.223 e. The van der Waals surface area contributed by atoms with Crippen LogP contribution in [0.2, 0.25) is 0 Å². The minimum absolute atomic E-state index is 0.0980. The van der Waals surface area contributed by atoms with E-state index in [1.165, 1.54) is 23.8 Å². The molecule has 0 aliphatic heterocycles. The van der Waals surface area contributed by atoms with Crippen LogP contribution >= 0.6 is 11.3 Å². The largest absolute Gasteiger partial charge is 0.302 e. The summed E-state index contributed by atoms with van der Waals surface area (Å²) in [6.45, 7) is 1.49. The molecule has 1 amide bonds. The number of thiazole rings is 1. The number of anilines is 1. The molecular weight excluding hydrogens is 284 g/mol. The highest BCUT2D eigenvalue weighted by Crippen LogP contribution is 2.42. The van der Waals surface area contributed by atoms with Gasteiger partial charge in [-0.3, -0.25) is 4.79 Å². The van der Waals surface area contributed by atoms with Gasteiger partial charge in [-0.1, -0.05) is 29.5 Å². The van der Waals surface area contributed by atoms with E-state index >= 15 is 0 Å². The minimum atomic E-state index is -0.0980. The molecule has 0 spiro atoms. The molecule has 1 N–H and O–H groups in total. The molecule has 21 heavy (non-hydrogen) atoms. The Morgan fingerprint density at radius 3 is 2.90 bits per heavy atom. The van der Waals surface area contributed by atoms with Gasteiger partial charge >= 0.3 is 0 Å². The van der Waals surface area contributed by atoms with E-state index in [0.29, 0.717) is 5.13 Å². The average Bonchev–Trinajstić information content (AvgIpc) is 3.09. The third-order valence-corrected chi connectivity index (χ3v) is 4.42. The van der Waals surface area contributed by atoms with Crippen molar-refractivity contribution in [2.45, 2.75) is 13.3 Å². The van der Waals surface area contributed by atoms with Crippen molar-refractivity contribution in [3.8, 4) is 16.3 Å². The maximum absolute atomic E-state index is 11.2. The lowest BCUT2D eigenvalue weighted by Crippen LogP contribution is -2.05. The van der Waals surface area contributed by atoms with E-state index in [-0.39, 0.29) is 5.91 Å². The summed E-state index contributed by atoms with van der Waals surface area (Å²) in [5, 5.41) is 7.89. The van der Waals surface area contributed by atoms with Gasteiger partial charge in [0, 0.05) is 18.9 Å². The predicted molar refractivity (Wildman–Crippen MR) is 81.8 cm³/mol. The number of nitrogens with zero attached hydrogens (tertiary/aromatic N) is 3. The third-order valence-electron chi connectivity index (χ3n) is 3.40. The fourth-order valence-corrected chi connectivity index (χ4v) is 3.65. The van der Waals surface area contributed by atoms with Crippen LogP contribution in [0.5, 0.6) is 0 Å². The summed E-state index contributed by atoms with van der Waals surface area (Å²) in [7, 11) is 0. The number of benzene rings is 1. The predicted octanol–water partition coefficient (Wildman–Crippen LogP) is 2.86. The SMILES string of the molecule is CC(=O)Nc1nc2c(s1)-c1c(cnn1-c1ccccc1)C2. The first-order valence-electron chi connectivity index (χ1n) is 6.62. The highest BCUT2D eigenvalue weighted by Gasteiger charge is 2.28. The molecule has 5 nitrogen and oxygen atoms in total. The highest BCUT2D eigenvalue weighted by molar-refractivity contribution is 7.19. The van der Waals surface area contributed by atoms with Gasteiger partial charge in [-0.05, 0) is 12.1 Å². The van der Waals surface area contributed by atoms with Crippen LogP contribution in [0.4, 0.5) is 5.13 Å². The monoisotopic (exact) mass is 296 g/mol. The number of fused-ring (bicyclic) bond motifs is 3. The van der Waals surface area contributed by atoms with Gasteiger partial charge in [0.2, 0.25) is 5.91 Å². The second-order valence-electron chi connectivity index (χ2n) is 4.92. The fourth-order valence-electron chi connectivity index (χ4n) is 2.56. The van der Waals surface area contributed by atoms with Gasteiger partial charge in [0.15, 0.2) is 5.13 Å². The number of carbonyl (C=O) groups excluding carboxylic acids is 1. The first kappa shape index (κ1) is 12.3. The molecule has 0 atom stereocenters. The molecule has 0 bridgehead atoms. The van der Waals surface area contributed by atoms with Crippen molar-refractivity contribution >= 4 is 22.4 Å². The first-order valence-corrected chi connectivity index (χ1v) is 7.44. The zero-order valence-corrected chi connectivity index (χ0v) is 12.1. The Kier molecular flexibility index (Phi) is 2.65. The van der Waals surface area contributed by atoms with Crippen LogP contribution in [0.15, 0.2) is 36.5 Å². The van der Waals surface area contributed by atoms with Crippen LogP contribution in [0.3, 0.4) is 0 Å². The molecule has 1 aliphatic rings. The fraction of sp³-hybridized carbons (Fsp3) is 0.133. The summed E-state index contributed by atoms with van der Waals surface area (Å²) in [6.07, 6.45) is 2.67. The molecule has 4 rings (SSSR count). The Bertz CT molecular complexity index is 835. The Morgan fingerprint density at radius 1 is 1.33 bits per heavy atom.